The fourth-order valence-corrected chi connectivity index (χ4v) is 5.05. The normalized spacial score (nSPS) is 21.6. The number of pyridine rings is 1. The van der Waals surface area contributed by atoms with E-state index in [0.29, 0.717) is 18.1 Å². The lowest BCUT2D eigenvalue weighted by Gasteiger charge is -2.35. The number of carbonyl (C=O) groups excluding carboxylic acids is 1. The van der Waals surface area contributed by atoms with Crippen molar-refractivity contribution in [2.75, 3.05) is 0 Å². The van der Waals surface area contributed by atoms with Gasteiger partial charge in [-0.1, -0.05) is 54.8 Å². The lowest BCUT2D eigenvalue weighted by atomic mass is 9.90. The molecule has 1 aromatic heterocycles. The fourth-order valence-electron chi connectivity index (χ4n) is 4.94. The summed E-state index contributed by atoms with van der Waals surface area (Å²) in [5.74, 6) is 0.128. The van der Waals surface area contributed by atoms with E-state index in [0.717, 1.165) is 47.9 Å². The number of hydrogen-bond donors (Lipinski definition) is 1. The third kappa shape index (κ3) is 3.30. The van der Waals surface area contributed by atoms with Crippen LogP contribution in [0.2, 0.25) is 5.15 Å². The number of amides is 1. The predicted octanol–water partition coefficient (Wildman–Crippen LogP) is 4.70. The van der Waals surface area contributed by atoms with Crippen LogP contribution < -0.4 is 5.73 Å². The minimum absolute atomic E-state index is 0.0767. The second kappa shape index (κ2) is 7.43. The van der Waals surface area contributed by atoms with Gasteiger partial charge in [-0.25, -0.2) is 4.98 Å². The van der Waals surface area contributed by atoms with Crippen LogP contribution in [0.4, 0.5) is 0 Å². The van der Waals surface area contributed by atoms with Crippen LogP contribution in [0.25, 0.3) is 10.8 Å². The highest BCUT2D eigenvalue weighted by molar-refractivity contribution is 6.29. The van der Waals surface area contributed by atoms with Gasteiger partial charge in [0.25, 0.3) is 5.91 Å². The molecule has 148 valence electrons. The molecule has 1 aliphatic carbocycles. The van der Waals surface area contributed by atoms with Crippen molar-refractivity contribution < 1.29 is 4.79 Å². The molecule has 29 heavy (non-hydrogen) atoms. The van der Waals surface area contributed by atoms with Gasteiger partial charge in [0, 0.05) is 30.4 Å². The van der Waals surface area contributed by atoms with Crippen LogP contribution in [-0.4, -0.2) is 27.9 Å². The number of benzene rings is 2. The van der Waals surface area contributed by atoms with E-state index in [1.54, 1.807) is 6.20 Å². The third-order valence-electron chi connectivity index (χ3n) is 6.43. The maximum Gasteiger partial charge on any atom is 0.254 e. The van der Waals surface area contributed by atoms with Crippen LogP contribution in [0.1, 0.15) is 52.7 Å². The highest BCUT2D eigenvalue weighted by Crippen LogP contribution is 2.36. The van der Waals surface area contributed by atoms with E-state index in [-0.39, 0.29) is 18.0 Å². The molecule has 1 saturated carbocycles. The number of aromatic nitrogens is 1. The maximum absolute atomic E-state index is 13.4. The van der Waals surface area contributed by atoms with Crippen molar-refractivity contribution in [2.24, 2.45) is 5.73 Å². The number of carbonyl (C=O) groups is 1. The largest absolute Gasteiger partial charge is 0.330 e. The van der Waals surface area contributed by atoms with Crippen LogP contribution in [0.15, 0.2) is 48.7 Å². The van der Waals surface area contributed by atoms with Crippen molar-refractivity contribution in [1.29, 1.82) is 0 Å². The van der Waals surface area contributed by atoms with Gasteiger partial charge in [0.1, 0.15) is 5.15 Å². The van der Waals surface area contributed by atoms with Gasteiger partial charge in [0.2, 0.25) is 0 Å². The Kier molecular flexibility index (Phi) is 4.76. The predicted molar refractivity (Wildman–Crippen MR) is 116 cm³/mol. The number of hydrogen-bond acceptors (Lipinski definition) is 3. The number of fused-ring (bicyclic) bond motifs is 3. The van der Waals surface area contributed by atoms with E-state index in [1.807, 2.05) is 17.0 Å². The van der Waals surface area contributed by atoms with Crippen molar-refractivity contribution in [1.82, 2.24) is 9.88 Å². The summed E-state index contributed by atoms with van der Waals surface area (Å²) in [7, 11) is 0. The van der Waals surface area contributed by atoms with Crippen molar-refractivity contribution in [3.63, 3.8) is 0 Å². The Hall–Kier alpha value is -2.43. The molecular formula is C24H24ClN3O. The lowest BCUT2D eigenvalue weighted by Crippen LogP contribution is -2.49. The number of halogens is 1. The smallest absolute Gasteiger partial charge is 0.254 e. The average Bonchev–Trinajstić information content (AvgIpc) is 3.07. The summed E-state index contributed by atoms with van der Waals surface area (Å²) < 4.78 is 0. The Morgan fingerprint density at radius 1 is 1.10 bits per heavy atom. The minimum atomic E-state index is 0.0767. The first-order valence-corrected chi connectivity index (χ1v) is 10.7. The first-order chi connectivity index (χ1) is 14.1. The highest BCUT2D eigenvalue weighted by atomic mass is 35.5. The number of rotatable bonds is 3. The van der Waals surface area contributed by atoms with Gasteiger partial charge in [-0.3, -0.25) is 4.79 Å². The van der Waals surface area contributed by atoms with Crippen LogP contribution >= 0.6 is 11.6 Å². The molecule has 1 aliphatic heterocycles. The standard InChI is InChI=1S/C24H24ClN3O/c25-23-10-9-15(13-27-23)11-16-12-19-20(18-6-2-1-5-17(16)18)14-28(24(19)29)22-8-4-3-7-21(22)26/h1-2,5-6,9-10,12-13,21-22H,3-4,7-8,11,14,26H2. The molecule has 1 amide bonds. The molecule has 3 aromatic rings. The van der Waals surface area contributed by atoms with Crippen molar-refractivity contribution in [3.8, 4) is 0 Å². The summed E-state index contributed by atoms with van der Waals surface area (Å²) in [4.78, 5) is 19.6. The summed E-state index contributed by atoms with van der Waals surface area (Å²) in [6.45, 7) is 0.663. The fraction of sp³-hybridized carbons (Fsp3) is 0.333. The van der Waals surface area contributed by atoms with Gasteiger partial charge >= 0.3 is 0 Å². The maximum atomic E-state index is 13.4. The summed E-state index contributed by atoms with van der Waals surface area (Å²) in [6, 6.07) is 14.5. The van der Waals surface area contributed by atoms with Gasteiger partial charge in [-0.2, -0.15) is 0 Å². The van der Waals surface area contributed by atoms with E-state index in [2.05, 4.69) is 35.3 Å². The van der Waals surface area contributed by atoms with E-state index >= 15 is 0 Å². The Morgan fingerprint density at radius 3 is 2.66 bits per heavy atom. The molecule has 2 unspecified atom stereocenters. The molecule has 2 N–H and O–H groups in total. The molecule has 0 saturated heterocycles. The summed E-state index contributed by atoms with van der Waals surface area (Å²) in [5, 5.41) is 2.85. The van der Waals surface area contributed by atoms with Gasteiger partial charge in [-0.15, -0.1) is 0 Å². The Bertz CT molecular complexity index is 1080. The zero-order chi connectivity index (χ0) is 20.0. The van der Waals surface area contributed by atoms with Crippen LogP contribution in [0, 0.1) is 0 Å². The third-order valence-corrected chi connectivity index (χ3v) is 6.65. The highest BCUT2D eigenvalue weighted by Gasteiger charge is 2.37. The Balaban J connectivity index is 1.56. The zero-order valence-electron chi connectivity index (χ0n) is 16.3. The number of nitrogens with two attached hydrogens (primary N) is 1. The molecule has 2 heterocycles. The monoisotopic (exact) mass is 405 g/mol. The average molecular weight is 406 g/mol. The molecule has 2 atom stereocenters. The first-order valence-electron chi connectivity index (χ1n) is 10.3. The van der Waals surface area contributed by atoms with Gasteiger partial charge in [0.15, 0.2) is 0 Å². The van der Waals surface area contributed by atoms with E-state index in [9.17, 15) is 4.79 Å². The van der Waals surface area contributed by atoms with Crippen LogP contribution in [0.5, 0.6) is 0 Å². The van der Waals surface area contributed by atoms with Crippen molar-refractivity contribution >= 4 is 28.3 Å². The molecular weight excluding hydrogens is 382 g/mol. The van der Waals surface area contributed by atoms with Gasteiger partial charge < -0.3 is 10.6 Å². The molecule has 2 aliphatic rings. The molecule has 5 rings (SSSR count). The molecule has 0 spiro atoms. The van der Waals surface area contributed by atoms with Crippen molar-refractivity contribution in [2.45, 2.75) is 50.7 Å². The molecule has 4 nitrogen and oxygen atoms in total. The van der Waals surface area contributed by atoms with Crippen LogP contribution in [-0.2, 0) is 13.0 Å². The van der Waals surface area contributed by atoms with E-state index in [4.69, 9.17) is 17.3 Å². The zero-order valence-corrected chi connectivity index (χ0v) is 17.0. The molecule has 0 radical (unpaired) electrons. The van der Waals surface area contributed by atoms with Gasteiger partial charge in [-0.05, 0) is 58.9 Å². The summed E-state index contributed by atoms with van der Waals surface area (Å²) in [5.41, 5.74) is 10.6. The Labute approximate surface area is 175 Å². The summed E-state index contributed by atoms with van der Waals surface area (Å²) in [6.07, 6.45) is 6.83. The topological polar surface area (TPSA) is 59.2 Å². The van der Waals surface area contributed by atoms with Crippen LogP contribution in [0.3, 0.4) is 0 Å². The second-order valence-electron chi connectivity index (χ2n) is 8.22. The minimum Gasteiger partial charge on any atom is -0.330 e. The molecule has 5 heteroatoms. The first kappa shape index (κ1) is 18.6. The van der Waals surface area contributed by atoms with E-state index < -0.39 is 0 Å². The van der Waals surface area contributed by atoms with E-state index in [1.165, 1.54) is 10.8 Å². The molecule has 2 aromatic carbocycles. The SMILES string of the molecule is NC1CCCCC1N1Cc2c(cc(Cc3ccc(Cl)nc3)c3ccccc23)C1=O. The molecule has 0 bridgehead atoms. The summed E-state index contributed by atoms with van der Waals surface area (Å²) >= 11 is 5.94. The van der Waals surface area contributed by atoms with Gasteiger partial charge in [0.05, 0.1) is 0 Å². The Morgan fingerprint density at radius 2 is 1.90 bits per heavy atom. The lowest BCUT2D eigenvalue weighted by molar-refractivity contribution is 0.0631. The quantitative estimate of drug-likeness (QED) is 0.642. The van der Waals surface area contributed by atoms with Crippen molar-refractivity contribution in [3.05, 3.63) is 76.1 Å². The second-order valence-corrected chi connectivity index (χ2v) is 8.61. The molecule has 1 fully saturated rings. The number of nitrogens with zero attached hydrogens (tertiary/aromatic N) is 2.